The molecule has 0 spiro atoms. The standard InChI is InChI=1S/C27H34FN5OS/c1-20-9-7-8-16-33(20)26-24(25(30-34-26)21-10-5-4-6-11-21)19-32(18-17-31(2)3)27(35)29-23-14-12-22(28)13-15-23/h4-6,10-15,20H,7-9,16-19H2,1-3H3,(H,29,35)/t20-/m0/s1. The van der Waals surface area contributed by atoms with Crippen LogP contribution in [0.1, 0.15) is 31.7 Å². The van der Waals surface area contributed by atoms with Gasteiger partial charge in [-0.3, -0.25) is 0 Å². The SMILES string of the molecule is C[C@H]1CCCCN1c1onc(-c2ccccc2)c1CN(CCN(C)C)C(=S)Nc1ccc(F)cc1. The second-order valence-corrected chi connectivity index (χ2v) is 9.77. The topological polar surface area (TPSA) is 47.8 Å². The number of piperidine rings is 1. The predicted molar refractivity (Wildman–Crippen MR) is 144 cm³/mol. The van der Waals surface area contributed by atoms with E-state index in [0.717, 1.165) is 54.3 Å². The van der Waals surface area contributed by atoms with Gasteiger partial charge in [-0.2, -0.15) is 0 Å². The van der Waals surface area contributed by atoms with Crippen molar-refractivity contribution in [2.75, 3.05) is 43.9 Å². The molecule has 1 atom stereocenters. The van der Waals surface area contributed by atoms with Gasteiger partial charge in [0.1, 0.15) is 11.5 Å². The number of nitrogens with zero attached hydrogens (tertiary/aromatic N) is 4. The molecule has 1 N–H and O–H groups in total. The Bertz CT molecular complexity index is 1100. The van der Waals surface area contributed by atoms with Crippen molar-refractivity contribution in [3.05, 3.63) is 66.0 Å². The van der Waals surface area contributed by atoms with Gasteiger partial charge in [0.05, 0.1) is 12.1 Å². The van der Waals surface area contributed by atoms with Crippen LogP contribution in [-0.4, -0.2) is 59.8 Å². The monoisotopic (exact) mass is 495 g/mol. The fourth-order valence-electron chi connectivity index (χ4n) is 4.39. The van der Waals surface area contributed by atoms with Crippen molar-refractivity contribution in [1.29, 1.82) is 0 Å². The molecule has 0 unspecified atom stereocenters. The number of halogens is 1. The number of rotatable bonds is 8. The average molecular weight is 496 g/mol. The summed E-state index contributed by atoms with van der Waals surface area (Å²) in [6.07, 6.45) is 3.50. The highest BCUT2D eigenvalue weighted by Gasteiger charge is 2.29. The number of nitrogens with one attached hydrogen (secondary N) is 1. The lowest BCUT2D eigenvalue weighted by molar-refractivity contribution is 0.326. The minimum absolute atomic E-state index is 0.275. The van der Waals surface area contributed by atoms with Gasteiger partial charge in [0.25, 0.3) is 0 Å². The summed E-state index contributed by atoms with van der Waals surface area (Å²) in [6.45, 7) is 5.29. The van der Waals surface area contributed by atoms with Gasteiger partial charge in [0.2, 0.25) is 5.88 Å². The summed E-state index contributed by atoms with van der Waals surface area (Å²) in [6, 6.07) is 16.8. The lowest BCUT2D eigenvalue weighted by atomic mass is 10.0. The molecule has 6 nitrogen and oxygen atoms in total. The van der Waals surface area contributed by atoms with Crippen molar-refractivity contribution in [2.24, 2.45) is 0 Å². The maximum atomic E-state index is 13.4. The minimum Gasteiger partial charge on any atom is -0.343 e. The first kappa shape index (κ1) is 25.1. The van der Waals surface area contributed by atoms with Gasteiger partial charge in [0, 0.05) is 36.9 Å². The summed E-state index contributed by atoms with van der Waals surface area (Å²) in [5.41, 5.74) is 3.65. The van der Waals surface area contributed by atoms with Crippen LogP contribution in [0.25, 0.3) is 11.3 Å². The van der Waals surface area contributed by atoms with Crippen LogP contribution in [0.2, 0.25) is 0 Å². The van der Waals surface area contributed by atoms with Gasteiger partial charge in [0.15, 0.2) is 5.11 Å². The zero-order valence-electron chi connectivity index (χ0n) is 20.7. The molecule has 1 aliphatic heterocycles. The van der Waals surface area contributed by atoms with Crippen molar-refractivity contribution >= 4 is 28.9 Å². The van der Waals surface area contributed by atoms with E-state index in [9.17, 15) is 4.39 Å². The van der Waals surface area contributed by atoms with Crippen molar-refractivity contribution in [1.82, 2.24) is 15.0 Å². The summed E-state index contributed by atoms with van der Waals surface area (Å²) in [5.74, 6) is 0.554. The van der Waals surface area contributed by atoms with E-state index in [1.54, 1.807) is 12.1 Å². The molecule has 0 amide bonds. The van der Waals surface area contributed by atoms with Crippen LogP contribution < -0.4 is 10.2 Å². The van der Waals surface area contributed by atoms with E-state index in [4.69, 9.17) is 16.7 Å². The largest absolute Gasteiger partial charge is 0.343 e. The first-order valence-electron chi connectivity index (χ1n) is 12.2. The Morgan fingerprint density at radius 3 is 2.54 bits per heavy atom. The molecule has 0 radical (unpaired) electrons. The average Bonchev–Trinajstić information content (AvgIpc) is 3.27. The number of hydrogen-bond donors (Lipinski definition) is 1. The van der Waals surface area contributed by atoms with Gasteiger partial charge in [-0.05, 0) is 76.8 Å². The van der Waals surface area contributed by atoms with Crippen LogP contribution in [0.15, 0.2) is 59.1 Å². The number of aromatic nitrogens is 1. The van der Waals surface area contributed by atoms with Crippen LogP contribution in [0.4, 0.5) is 16.0 Å². The molecule has 0 saturated carbocycles. The van der Waals surface area contributed by atoms with Gasteiger partial charge in [-0.25, -0.2) is 4.39 Å². The molecule has 2 aromatic carbocycles. The summed E-state index contributed by atoms with van der Waals surface area (Å²) < 4.78 is 19.4. The summed E-state index contributed by atoms with van der Waals surface area (Å²) >= 11 is 5.84. The highest BCUT2D eigenvalue weighted by molar-refractivity contribution is 7.80. The highest BCUT2D eigenvalue weighted by Crippen LogP contribution is 2.35. The second-order valence-electron chi connectivity index (χ2n) is 9.38. The van der Waals surface area contributed by atoms with Gasteiger partial charge < -0.3 is 24.5 Å². The Morgan fingerprint density at radius 2 is 1.86 bits per heavy atom. The molecular weight excluding hydrogens is 461 g/mol. The van der Waals surface area contributed by atoms with E-state index in [0.29, 0.717) is 24.2 Å². The van der Waals surface area contributed by atoms with E-state index in [1.807, 2.05) is 32.3 Å². The van der Waals surface area contributed by atoms with Crippen LogP contribution >= 0.6 is 12.2 Å². The maximum absolute atomic E-state index is 13.4. The molecule has 4 rings (SSSR count). The highest BCUT2D eigenvalue weighted by atomic mass is 32.1. The molecule has 1 fully saturated rings. The van der Waals surface area contributed by atoms with E-state index in [1.165, 1.54) is 18.6 Å². The molecular formula is C27H34FN5OS. The number of likely N-dealkylation sites (N-methyl/N-ethyl adjacent to an activating group) is 1. The Morgan fingerprint density at radius 1 is 1.11 bits per heavy atom. The van der Waals surface area contributed by atoms with Crippen LogP contribution in [-0.2, 0) is 6.54 Å². The first-order chi connectivity index (χ1) is 16.9. The zero-order chi connectivity index (χ0) is 24.8. The molecule has 1 aromatic heterocycles. The van der Waals surface area contributed by atoms with Gasteiger partial charge in [-0.1, -0.05) is 35.5 Å². The molecule has 1 aliphatic rings. The fraction of sp³-hybridized carbons (Fsp3) is 0.407. The summed E-state index contributed by atoms with van der Waals surface area (Å²) in [4.78, 5) is 6.61. The first-order valence-corrected chi connectivity index (χ1v) is 12.6. The maximum Gasteiger partial charge on any atom is 0.233 e. The molecule has 8 heteroatoms. The Balaban J connectivity index is 1.67. The van der Waals surface area contributed by atoms with Crippen LogP contribution in [0.5, 0.6) is 0 Å². The van der Waals surface area contributed by atoms with Crippen molar-refractivity contribution in [2.45, 2.75) is 38.8 Å². The summed E-state index contributed by atoms with van der Waals surface area (Å²) in [5, 5.41) is 8.40. The predicted octanol–water partition coefficient (Wildman–Crippen LogP) is 5.62. The Labute approximate surface area is 212 Å². The number of thiocarbonyl (C=S) groups is 1. The van der Waals surface area contributed by atoms with Crippen molar-refractivity contribution in [3.63, 3.8) is 0 Å². The quantitative estimate of drug-likeness (QED) is 0.407. The molecule has 0 aliphatic carbocycles. The third kappa shape index (κ3) is 6.38. The third-order valence-electron chi connectivity index (χ3n) is 6.43. The van der Waals surface area contributed by atoms with Crippen molar-refractivity contribution in [3.8, 4) is 11.3 Å². The molecule has 2 heterocycles. The van der Waals surface area contributed by atoms with E-state index < -0.39 is 0 Å². The number of anilines is 2. The fourth-order valence-corrected chi connectivity index (χ4v) is 4.66. The number of benzene rings is 2. The molecule has 0 bridgehead atoms. The smallest absolute Gasteiger partial charge is 0.233 e. The molecule has 1 saturated heterocycles. The normalized spacial score (nSPS) is 15.9. The van der Waals surface area contributed by atoms with E-state index in [-0.39, 0.29) is 5.82 Å². The van der Waals surface area contributed by atoms with Gasteiger partial charge in [-0.15, -0.1) is 0 Å². The second kappa shape index (κ2) is 11.6. The molecule has 3 aromatic rings. The van der Waals surface area contributed by atoms with E-state index >= 15 is 0 Å². The Hall–Kier alpha value is -2.97. The minimum atomic E-state index is -0.275. The lowest BCUT2D eigenvalue weighted by Gasteiger charge is -2.34. The zero-order valence-corrected chi connectivity index (χ0v) is 21.5. The van der Waals surface area contributed by atoms with Crippen LogP contribution in [0, 0.1) is 5.82 Å². The van der Waals surface area contributed by atoms with Crippen LogP contribution in [0.3, 0.4) is 0 Å². The molecule has 186 valence electrons. The van der Waals surface area contributed by atoms with E-state index in [2.05, 4.69) is 44.2 Å². The molecule has 35 heavy (non-hydrogen) atoms. The lowest BCUT2D eigenvalue weighted by Crippen LogP contribution is -2.40. The van der Waals surface area contributed by atoms with Crippen molar-refractivity contribution < 1.29 is 8.91 Å². The third-order valence-corrected chi connectivity index (χ3v) is 6.79. The summed E-state index contributed by atoms with van der Waals surface area (Å²) in [7, 11) is 4.09. The number of hydrogen-bond acceptors (Lipinski definition) is 5. The van der Waals surface area contributed by atoms with Gasteiger partial charge >= 0.3 is 0 Å². The Kier molecular flexibility index (Phi) is 8.36.